The van der Waals surface area contributed by atoms with E-state index in [9.17, 15) is 9.18 Å². The molecule has 1 saturated carbocycles. The van der Waals surface area contributed by atoms with Gasteiger partial charge in [0.2, 0.25) is 0 Å². The number of nitrogens with zero attached hydrogens (tertiary/aromatic N) is 3. The standard InChI is InChI=1S/C19H25FN4O2/c1-3-24(12-18(25)26)17-8-16(9-17)21-10-14-11-23(2)22-19(14)13-4-6-15(20)7-5-13/h4-7,11,16-17,21H,3,8-10,12H2,1-2H3,(H,25,26). The van der Waals surface area contributed by atoms with Gasteiger partial charge in [0, 0.05) is 43.0 Å². The predicted molar refractivity (Wildman–Crippen MR) is 97.1 cm³/mol. The molecule has 1 aliphatic rings. The van der Waals surface area contributed by atoms with Crippen molar-refractivity contribution in [3.8, 4) is 11.3 Å². The number of aliphatic carboxylic acids is 1. The Morgan fingerprint density at radius 3 is 2.69 bits per heavy atom. The Balaban J connectivity index is 1.57. The molecule has 0 spiro atoms. The van der Waals surface area contributed by atoms with Gasteiger partial charge in [0.25, 0.3) is 0 Å². The van der Waals surface area contributed by atoms with Crippen molar-refractivity contribution < 1.29 is 14.3 Å². The fourth-order valence-corrected chi connectivity index (χ4v) is 3.50. The molecule has 0 radical (unpaired) electrons. The summed E-state index contributed by atoms with van der Waals surface area (Å²) in [6.45, 7) is 3.53. The van der Waals surface area contributed by atoms with Gasteiger partial charge in [-0.2, -0.15) is 5.10 Å². The average molecular weight is 360 g/mol. The Morgan fingerprint density at radius 2 is 2.08 bits per heavy atom. The van der Waals surface area contributed by atoms with Crippen molar-refractivity contribution in [2.75, 3.05) is 13.1 Å². The van der Waals surface area contributed by atoms with E-state index in [2.05, 4.69) is 10.4 Å². The van der Waals surface area contributed by atoms with Gasteiger partial charge in [-0.05, 0) is 43.7 Å². The highest BCUT2D eigenvalue weighted by Crippen LogP contribution is 2.27. The minimum absolute atomic E-state index is 0.102. The summed E-state index contributed by atoms with van der Waals surface area (Å²) in [7, 11) is 1.88. The molecule has 6 nitrogen and oxygen atoms in total. The van der Waals surface area contributed by atoms with Crippen LogP contribution in [0.15, 0.2) is 30.5 Å². The maximum Gasteiger partial charge on any atom is 0.317 e. The molecule has 0 unspecified atom stereocenters. The third kappa shape index (κ3) is 4.28. The summed E-state index contributed by atoms with van der Waals surface area (Å²) < 4.78 is 14.9. The van der Waals surface area contributed by atoms with E-state index in [1.54, 1.807) is 16.8 Å². The Hall–Kier alpha value is -2.25. The maximum atomic E-state index is 13.1. The van der Waals surface area contributed by atoms with Crippen LogP contribution in [0.3, 0.4) is 0 Å². The monoisotopic (exact) mass is 360 g/mol. The molecule has 1 aromatic heterocycles. The summed E-state index contributed by atoms with van der Waals surface area (Å²) >= 11 is 0. The molecule has 140 valence electrons. The first kappa shape index (κ1) is 18.5. The van der Waals surface area contributed by atoms with Crippen molar-refractivity contribution in [2.24, 2.45) is 7.05 Å². The number of rotatable bonds is 8. The molecule has 0 amide bonds. The number of likely N-dealkylation sites (N-methyl/N-ethyl adjacent to an activating group) is 1. The molecule has 26 heavy (non-hydrogen) atoms. The van der Waals surface area contributed by atoms with Gasteiger partial charge < -0.3 is 10.4 Å². The Bertz CT molecular complexity index is 753. The van der Waals surface area contributed by atoms with Crippen LogP contribution in [-0.4, -0.2) is 50.9 Å². The molecule has 2 aromatic rings. The number of hydrogen-bond acceptors (Lipinski definition) is 4. The van der Waals surface area contributed by atoms with Crippen molar-refractivity contribution >= 4 is 5.97 Å². The summed E-state index contributed by atoms with van der Waals surface area (Å²) in [5, 5.41) is 17.0. The fraction of sp³-hybridized carbons (Fsp3) is 0.474. The summed E-state index contributed by atoms with van der Waals surface area (Å²) in [6.07, 6.45) is 3.88. The van der Waals surface area contributed by atoms with Crippen molar-refractivity contribution in [1.82, 2.24) is 20.0 Å². The molecule has 1 aromatic carbocycles. The summed E-state index contributed by atoms with van der Waals surface area (Å²) in [5.74, 6) is -1.03. The average Bonchev–Trinajstić information content (AvgIpc) is 2.93. The van der Waals surface area contributed by atoms with Gasteiger partial charge in [0.15, 0.2) is 0 Å². The quantitative estimate of drug-likeness (QED) is 0.756. The number of carboxylic acid groups (broad SMARTS) is 1. The first-order chi connectivity index (χ1) is 12.5. The van der Waals surface area contributed by atoms with Crippen molar-refractivity contribution in [3.05, 3.63) is 41.8 Å². The molecular formula is C19H25FN4O2. The lowest BCUT2D eigenvalue weighted by atomic mass is 9.85. The number of carboxylic acids is 1. The van der Waals surface area contributed by atoms with E-state index in [1.165, 1.54) is 12.1 Å². The topological polar surface area (TPSA) is 70.4 Å². The lowest BCUT2D eigenvalue weighted by molar-refractivity contribution is -0.139. The van der Waals surface area contributed by atoms with E-state index < -0.39 is 5.97 Å². The van der Waals surface area contributed by atoms with Crippen LogP contribution in [0.2, 0.25) is 0 Å². The number of aryl methyl sites for hydroxylation is 1. The van der Waals surface area contributed by atoms with Crippen molar-refractivity contribution in [1.29, 1.82) is 0 Å². The number of benzene rings is 1. The van der Waals surface area contributed by atoms with E-state index in [-0.39, 0.29) is 12.4 Å². The second kappa shape index (κ2) is 7.97. The second-order valence-electron chi connectivity index (χ2n) is 6.84. The minimum atomic E-state index is -0.775. The van der Waals surface area contributed by atoms with Crippen LogP contribution >= 0.6 is 0 Å². The number of aromatic nitrogens is 2. The molecule has 0 bridgehead atoms. The molecule has 7 heteroatoms. The highest BCUT2D eigenvalue weighted by Gasteiger charge is 2.33. The fourth-order valence-electron chi connectivity index (χ4n) is 3.50. The predicted octanol–water partition coefficient (Wildman–Crippen LogP) is 2.25. The lowest BCUT2D eigenvalue weighted by Crippen LogP contribution is -2.53. The van der Waals surface area contributed by atoms with Crippen LogP contribution in [0, 0.1) is 5.82 Å². The smallest absolute Gasteiger partial charge is 0.317 e. The van der Waals surface area contributed by atoms with Gasteiger partial charge in [-0.15, -0.1) is 0 Å². The maximum absolute atomic E-state index is 13.1. The number of nitrogens with one attached hydrogen (secondary N) is 1. The molecule has 0 saturated heterocycles. The van der Waals surface area contributed by atoms with E-state index in [1.807, 2.05) is 25.1 Å². The molecule has 2 N–H and O–H groups in total. The number of hydrogen-bond donors (Lipinski definition) is 2. The van der Waals surface area contributed by atoms with Crippen LogP contribution in [0.1, 0.15) is 25.3 Å². The Labute approximate surface area is 152 Å². The summed E-state index contributed by atoms with van der Waals surface area (Å²) in [4.78, 5) is 12.9. The van der Waals surface area contributed by atoms with Crippen LogP contribution in [0.25, 0.3) is 11.3 Å². The van der Waals surface area contributed by atoms with Crippen LogP contribution < -0.4 is 5.32 Å². The van der Waals surface area contributed by atoms with E-state index in [0.29, 0.717) is 18.6 Å². The first-order valence-electron chi connectivity index (χ1n) is 8.94. The zero-order chi connectivity index (χ0) is 18.7. The Kier molecular flexibility index (Phi) is 5.68. The third-order valence-electron chi connectivity index (χ3n) is 4.98. The van der Waals surface area contributed by atoms with Gasteiger partial charge in [0.1, 0.15) is 5.82 Å². The SMILES string of the molecule is CCN(CC(=O)O)C1CC(NCc2cn(C)nc2-c2ccc(F)cc2)C1. The normalized spacial score (nSPS) is 19.5. The van der Waals surface area contributed by atoms with Gasteiger partial charge in [0.05, 0.1) is 12.2 Å². The zero-order valence-electron chi connectivity index (χ0n) is 15.2. The van der Waals surface area contributed by atoms with E-state index in [4.69, 9.17) is 5.11 Å². The van der Waals surface area contributed by atoms with Crippen LogP contribution in [0.4, 0.5) is 4.39 Å². The molecule has 1 aliphatic carbocycles. The van der Waals surface area contributed by atoms with E-state index >= 15 is 0 Å². The van der Waals surface area contributed by atoms with Gasteiger partial charge >= 0.3 is 5.97 Å². The highest BCUT2D eigenvalue weighted by molar-refractivity contribution is 5.69. The van der Waals surface area contributed by atoms with Crippen molar-refractivity contribution in [2.45, 2.75) is 38.4 Å². The third-order valence-corrected chi connectivity index (χ3v) is 4.98. The zero-order valence-corrected chi connectivity index (χ0v) is 15.2. The molecule has 1 heterocycles. The molecular weight excluding hydrogens is 335 g/mol. The molecule has 0 atom stereocenters. The minimum Gasteiger partial charge on any atom is -0.480 e. The highest BCUT2D eigenvalue weighted by atomic mass is 19.1. The summed E-state index contributed by atoms with van der Waals surface area (Å²) in [5.41, 5.74) is 2.83. The second-order valence-corrected chi connectivity index (χ2v) is 6.84. The van der Waals surface area contributed by atoms with Gasteiger partial charge in [-0.25, -0.2) is 4.39 Å². The largest absolute Gasteiger partial charge is 0.480 e. The number of carbonyl (C=O) groups is 1. The first-order valence-corrected chi connectivity index (χ1v) is 8.94. The number of halogens is 1. The Morgan fingerprint density at radius 1 is 1.38 bits per heavy atom. The molecule has 3 rings (SSSR count). The van der Waals surface area contributed by atoms with Gasteiger partial charge in [-0.3, -0.25) is 14.4 Å². The molecule has 1 fully saturated rings. The van der Waals surface area contributed by atoms with Crippen LogP contribution in [0.5, 0.6) is 0 Å². The lowest BCUT2D eigenvalue weighted by Gasteiger charge is -2.42. The summed E-state index contributed by atoms with van der Waals surface area (Å²) in [6, 6.07) is 7.08. The van der Waals surface area contributed by atoms with E-state index in [0.717, 1.165) is 36.2 Å². The molecule has 0 aliphatic heterocycles. The van der Waals surface area contributed by atoms with Crippen molar-refractivity contribution in [3.63, 3.8) is 0 Å². The van der Waals surface area contributed by atoms with Crippen LogP contribution in [-0.2, 0) is 18.4 Å². The van der Waals surface area contributed by atoms with Gasteiger partial charge in [-0.1, -0.05) is 6.92 Å².